The average molecular weight is 326 g/mol. The maximum Gasteiger partial charge on any atom is 0.169 e. The van der Waals surface area contributed by atoms with Gasteiger partial charge in [-0.1, -0.05) is 25.7 Å². The van der Waals surface area contributed by atoms with E-state index in [-0.39, 0.29) is 18.3 Å². The number of hydrogen-bond acceptors (Lipinski definition) is 5. The Morgan fingerprint density at radius 2 is 1.52 bits per heavy atom. The Morgan fingerprint density at radius 3 is 2.26 bits per heavy atom. The molecule has 1 aliphatic heterocycles. The van der Waals surface area contributed by atoms with Crippen molar-refractivity contribution < 1.29 is 24.4 Å². The molecule has 0 aromatic carbocycles. The molecule has 0 aromatic rings. The Kier molecular flexibility index (Phi) is 4.67. The zero-order chi connectivity index (χ0) is 15.9. The van der Waals surface area contributed by atoms with Gasteiger partial charge in [-0.25, -0.2) is 0 Å². The summed E-state index contributed by atoms with van der Waals surface area (Å²) in [6.07, 6.45) is 9.21. The SMILES string of the molecule is O[C@H]1[C@H](O)[C@@H](OC2CCCCC2)C[C@H]2OC3(CCCCC3)O[C@@H]12. The highest BCUT2D eigenvalue weighted by molar-refractivity contribution is 5.01. The molecule has 132 valence electrons. The average Bonchev–Trinajstić information content (AvgIpc) is 2.92. The molecule has 0 bridgehead atoms. The summed E-state index contributed by atoms with van der Waals surface area (Å²) in [5, 5.41) is 21.0. The highest BCUT2D eigenvalue weighted by Crippen LogP contribution is 2.45. The lowest BCUT2D eigenvalue weighted by Gasteiger charge is -2.39. The van der Waals surface area contributed by atoms with Crippen LogP contribution in [0.4, 0.5) is 0 Å². The maximum atomic E-state index is 10.5. The van der Waals surface area contributed by atoms with E-state index in [1.165, 1.54) is 25.7 Å². The summed E-state index contributed by atoms with van der Waals surface area (Å²) in [7, 11) is 0. The van der Waals surface area contributed by atoms with Crippen LogP contribution in [0.3, 0.4) is 0 Å². The summed E-state index contributed by atoms with van der Waals surface area (Å²) in [5.41, 5.74) is 0. The van der Waals surface area contributed by atoms with Crippen LogP contribution in [0.25, 0.3) is 0 Å². The maximum absolute atomic E-state index is 10.5. The van der Waals surface area contributed by atoms with Gasteiger partial charge in [0, 0.05) is 19.3 Å². The molecule has 1 saturated heterocycles. The van der Waals surface area contributed by atoms with Gasteiger partial charge in [-0.2, -0.15) is 0 Å². The topological polar surface area (TPSA) is 68.2 Å². The second-order valence-electron chi connectivity index (χ2n) is 7.86. The summed E-state index contributed by atoms with van der Waals surface area (Å²) in [5.74, 6) is -0.520. The molecule has 0 amide bonds. The molecule has 0 radical (unpaired) electrons. The zero-order valence-corrected chi connectivity index (χ0v) is 13.9. The Labute approximate surface area is 138 Å². The van der Waals surface area contributed by atoms with E-state index in [9.17, 15) is 10.2 Å². The first-order valence-corrected chi connectivity index (χ1v) is 9.54. The third-order valence-corrected chi connectivity index (χ3v) is 6.15. The van der Waals surface area contributed by atoms with Crippen molar-refractivity contribution in [2.75, 3.05) is 0 Å². The van der Waals surface area contributed by atoms with Gasteiger partial charge in [-0.05, 0) is 25.7 Å². The fourth-order valence-electron chi connectivity index (χ4n) is 4.86. The quantitative estimate of drug-likeness (QED) is 0.815. The van der Waals surface area contributed by atoms with Gasteiger partial charge >= 0.3 is 0 Å². The molecule has 1 spiro atoms. The number of hydrogen-bond donors (Lipinski definition) is 2. The normalized spacial score (nSPS) is 44.3. The molecule has 4 rings (SSSR count). The predicted octanol–water partition coefficient (Wildman–Crippen LogP) is 2.27. The van der Waals surface area contributed by atoms with E-state index in [2.05, 4.69) is 0 Å². The van der Waals surface area contributed by atoms with Crippen LogP contribution in [0.5, 0.6) is 0 Å². The molecule has 23 heavy (non-hydrogen) atoms. The smallest absolute Gasteiger partial charge is 0.169 e. The van der Waals surface area contributed by atoms with E-state index in [0.717, 1.165) is 38.5 Å². The first kappa shape index (κ1) is 16.3. The second-order valence-corrected chi connectivity index (χ2v) is 7.86. The molecule has 3 aliphatic carbocycles. The molecule has 5 nitrogen and oxygen atoms in total. The van der Waals surface area contributed by atoms with Gasteiger partial charge in [0.25, 0.3) is 0 Å². The minimum atomic E-state index is -0.913. The van der Waals surface area contributed by atoms with Crippen LogP contribution in [-0.4, -0.2) is 52.6 Å². The number of fused-ring (bicyclic) bond motifs is 1. The molecule has 0 unspecified atom stereocenters. The van der Waals surface area contributed by atoms with Crippen LogP contribution in [-0.2, 0) is 14.2 Å². The van der Waals surface area contributed by atoms with Crippen molar-refractivity contribution in [1.29, 1.82) is 0 Å². The molecule has 1 heterocycles. The number of rotatable bonds is 2. The standard InChI is InChI=1S/C18H30O5/c19-15-13(21-12-7-3-1-4-8-12)11-14-17(16(15)20)23-18(22-14)9-5-2-6-10-18/h12-17,19-20H,1-11H2/t13-,14+,15+,16-,17+/m0/s1. The van der Waals surface area contributed by atoms with Crippen molar-refractivity contribution in [2.45, 2.75) is 113 Å². The zero-order valence-electron chi connectivity index (χ0n) is 13.9. The van der Waals surface area contributed by atoms with Gasteiger partial charge in [-0.15, -0.1) is 0 Å². The summed E-state index contributed by atoms with van der Waals surface area (Å²) in [4.78, 5) is 0. The van der Waals surface area contributed by atoms with Crippen LogP contribution >= 0.6 is 0 Å². The summed E-state index contributed by atoms with van der Waals surface area (Å²) < 4.78 is 18.5. The van der Waals surface area contributed by atoms with E-state index >= 15 is 0 Å². The van der Waals surface area contributed by atoms with Crippen molar-refractivity contribution in [3.05, 3.63) is 0 Å². The molecule has 0 aromatic heterocycles. The third-order valence-electron chi connectivity index (χ3n) is 6.15. The fourth-order valence-corrected chi connectivity index (χ4v) is 4.86. The van der Waals surface area contributed by atoms with Crippen LogP contribution < -0.4 is 0 Å². The highest BCUT2D eigenvalue weighted by Gasteiger charge is 2.56. The molecule has 4 aliphatic rings. The van der Waals surface area contributed by atoms with Gasteiger partial charge < -0.3 is 24.4 Å². The van der Waals surface area contributed by atoms with Crippen molar-refractivity contribution in [3.63, 3.8) is 0 Å². The van der Waals surface area contributed by atoms with Gasteiger partial charge in [0.2, 0.25) is 0 Å². The number of ether oxygens (including phenoxy) is 3. The molecule has 2 N–H and O–H groups in total. The number of aliphatic hydroxyl groups is 2. The molecule has 5 atom stereocenters. The van der Waals surface area contributed by atoms with Gasteiger partial charge in [0.15, 0.2) is 5.79 Å². The Bertz CT molecular complexity index is 402. The minimum absolute atomic E-state index is 0.153. The Morgan fingerprint density at radius 1 is 0.826 bits per heavy atom. The largest absolute Gasteiger partial charge is 0.388 e. The van der Waals surface area contributed by atoms with Crippen LogP contribution in [0, 0.1) is 0 Å². The third kappa shape index (κ3) is 3.19. The monoisotopic (exact) mass is 326 g/mol. The van der Waals surface area contributed by atoms with E-state index < -0.39 is 24.1 Å². The summed E-state index contributed by atoms with van der Waals surface area (Å²) >= 11 is 0. The van der Waals surface area contributed by atoms with Gasteiger partial charge in [0.1, 0.15) is 18.3 Å². The highest BCUT2D eigenvalue weighted by atomic mass is 16.8. The predicted molar refractivity (Wildman–Crippen MR) is 83.9 cm³/mol. The second kappa shape index (κ2) is 6.60. The fraction of sp³-hybridized carbons (Fsp3) is 1.00. The number of aliphatic hydroxyl groups excluding tert-OH is 2. The van der Waals surface area contributed by atoms with Gasteiger partial charge in [-0.3, -0.25) is 0 Å². The molecule has 5 heteroatoms. The minimum Gasteiger partial charge on any atom is -0.388 e. The van der Waals surface area contributed by atoms with Gasteiger partial charge in [0.05, 0.1) is 18.3 Å². The van der Waals surface area contributed by atoms with E-state index in [0.29, 0.717) is 6.42 Å². The van der Waals surface area contributed by atoms with E-state index in [1.807, 2.05) is 0 Å². The van der Waals surface area contributed by atoms with Crippen molar-refractivity contribution in [1.82, 2.24) is 0 Å². The molecular formula is C18H30O5. The molecule has 3 saturated carbocycles. The van der Waals surface area contributed by atoms with Crippen LogP contribution in [0.2, 0.25) is 0 Å². The molecular weight excluding hydrogens is 296 g/mol. The van der Waals surface area contributed by atoms with Crippen LogP contribution in [0.15, 0.2) is 0 Å². The summed E-state index contributed by atoms with van der Waals surface area (Å²) in [6, 6.07) is 0. The van der Waals surface area contributed by atoms with E-state index in [4.69, 9.17) is 14.2 Å². The lowest BCUT2D eigenvalue weighted by molar-refractivity contribution is -0.203. The first-order valence-electron chi connectivity index (χ1n) is 9.54. The summed E-state index contributed by atoms with van der Waals surface area (Å²) in [6.45, 7) is 0. The van der Waals surface area contributed by atoms with Crippen LogP contribution in [0.1, 0.15) is 70.6 Å². The first-order chi connectivity index (χ1) is 11.2. The van der Waals surface area contributed by atoms with Crippen molar-refractivity contribution in [2.24, 2.45) is 0 Å². The van der Waals surface area contributed by atoms with E-state index in [1.54, 1.807) is 0 Å². The van der Waals surface area contributed by atoms with Crippen molar-refractivity contribution in [3.8, 4) is 0 Å². The van der Waals surface area contributed by atoms with Crippen molar-refractivity contribution >= 4 is 0 Å². The lowest BCUT2D eigenvalue weighted by Crippen LogP contribution is -2.56. The molecule has 4 fully saturated rings. The Balaban J connectivity index is 1.42. The Hall–Kier alpha value is -0.200. The lowest BCUT2D eigenvalue weighted by atomic mass is 9.86.